The Labute approximate surface area is 89.3 Å². The Kier molecular flexibility index (Phi) is 3.56. The third kappa shape index (κ3) is 2.80. The average molecular weight is 211 g/mol. The van der Waals surface area contributed by atoms with Crippen molar-refractivity contribution in [2.24, 2.45) is 0 Å². The molecular formula is C11H17NOS. The van der Waals surface area contributed by atoms with E-state index < -0.39 is 0 Å². The van der Waals surface area contributed by atoms with Crippen molar-refractivity contribution in [1.29, 1.82) is 0 Å². The van der Waals surface area contributed by atoms with Crippen LogP contribution in [0.25, 0.3) is 0 Å². The summed E-state index contributed by atoms with van der Waals surface area (Å²) in [5, 5.41) is 5.71. The molecule has 14 heavy (non-hydrogen) atoms. The van der Waals surface area contributed by atoms with Gasteiger partial charge in [0.25, 0.3) is 0 Å². The van der Waals surface area contributed by atoms with Gasteiger partial charge < -0.3 is 10.1 Å². The van der Waals surface area contributed by atoms with Crippen LogP contribution in [0.1, 0.15) is 24.6 Å². The number of thiophene rings is 1. The molecule has 1 fully saturated rings. The summed E-state index contributed by atoms with van der Waals surface area (Å²) >= 11 is 1.82. The Balaban J connectivity index is 1.75. The van der Waals surface area contributed by atoms with Gasteiger partial charge in [0.1, 0.15) is 0 Å². The number of hydrogen-bond acceptors (Lipinski definition) is 3. The molecule has 1 saturated heterocycles. The van der Waals surface area contributed by atoms with Gasteiger partial charge >= 0.3 is 0 Å². The Morgan fingerprint density at radius 1 is 1.64 bits per heavy atom. The van der Waals surface area contributed by atoms with Gasteiger partial charge in [-0.3, -0.25) is 0 Å². The van der Waals surface area contributed by atoms with Crippen molar-refractivity contribution in [3.63, 3.8) is 0 Å². The molecule has 0 radical (unpaired) electrons. The molecule has 2 heterocycles. The first-order valence-electron chi connectivity index (χ1n) is 5.22. The molecule has 1 aliphatic rings. The molecule has 1 aromatic rings. The summed E-state index contributed by atoms with van der Waals surface area (Å²) in [5.74, 6) is 0. The molecule has 0 saturated carbocycles. The van der Waals surface area contributed by atoms with Gasteiger partial charge in [-0.15, -0.1) is 11.3 Å². The van der Waals surface area contributed by atoms with Gasteiger partial charge in [0, 0.05) is 24.1 Å². The fraction of sp³-hybridized carbons (Fsp3) is 0.636. The van der Waals surface area contributed by atoms with E-state index in [4.69, 9.17) is 4.74 Å². The molecule has 2 atom stereocenters. The highest BCUT2D eigenvalue weighted by molar-refractivity contribution is 7.09. The summed E-state index contributed by atoms with van der Waals surface area (Å²) in [7, 11) is 0. The number of hydrogen-bond donors (Lipinski definition) is 1. The SMILES string of the molecule is CC1CC(NCc2cccs2)CCO1. The molecule has 0 aromatic carbocycles. The van der Waals surface area contributed by atoms with Crippen molar-refractivity contribution in [3.8, 4) is 0 Å². The summed E-state index contributed by atoms with van der Waals surface area (Å²) in [4.78, 5) is 1.42. The molecule has 1 aromatic heterocycles. The minimum Gasteiger partial charge on any atom is -0.378 e. The van der Waals surface area contributed by atoms with Gasteiger partial charge in [-0.05, 0) is 31.2 Å². The molecule has 0 bridgehead atoms. The third-order valence-corrected chi connectivity index (χ3v) is 3.51. The molecule has 2 nitrogen and oxygen atoms in total. The maximum absolute atomic E-state index is 5.51. The van der Waals surface area contributed by atoms with E-state index in [0.29, 0.717) is 12.1 Å². The van der Waals surface area contributed by atoms with Crippen LogP contribution < -0.4 is 5.32 Å². The highest BCUT2D eigenvalue weighted by atomic mass is 32.1. The van der Waals surface area contributed by atoms with Gasteiger partial charge in [-0.1, -0.05) is 6.07 Å². The van der Waals surface area contributed by atoms with E-state index in [1.807, 2.05) is 11.3 Å². The van der Waals surface area contributed by atoms with Gasteiger partial charge in [-0.2, -0.15) is 0 Å². The molecule has 0 aliphatic carbocycles. The molecular weight excluding hydrogens is 194 g/mol. The molecule has 0 spiro atoms. The second-order valence-electron chi connectivity index (χ2n) is 3.86. The van der Waals surface area contributed by atoms with Crippen LogP contribution in [0.5, 0.6) is 0 Å². The van der Waals surface area contributed by atoms with Crippen molar-refractivity contribution in [3.05, 3.63) is 22.4 Å². The molecule has 2 unspecified atom stereocenters. The Hall–Kier alpha value is -0.380. The second kappa shape index (κ2) is 4.91. The third-order valence-electron chi connectivity index (χ3n) is 2.63. The smallest absolute Gasteiger partial charge is 0.0561 e. The fourth-order valence-corrected chi connectivity index (χ4v) is 2.50. The maximum Gasteiger partial charge on any atom is 0.0561 e. The van der Waals surface area contributed by atoms with Crippen molar-refractivity contribution < 1.29 is 4.74 Å². The highest BCUT2D eigenvalue weighted by Gasteiger charge is 2.18. The van der Waals surface area contributed by atoms with Crippen LogP contribution >= 0.6 is 11.3 Å². The lowest BCUT2D eigenvalue weighted by molar-refractivity contribution is 0.0131. The summed E-state index contributed by atoms with van der Waals surface area (Å²) in [6.45, 7) is 4.07. The first-order chi connectivity index (χ1) is 6.84. The van der Waals surface area contributed by atoms with E-state index in [0.717, 1.165) is 26.0 Å². The largest absolute Gasteiger partial charge is 0.378 e. The van der Waals surface area contributed by atoms with Crippen molar-refractivity contribution in [2.45, 2.75) is 38.5 Å². The lowest BCUT2D eigenvalue weighted by Crippen LogP contribution is -2.37. The molecule has 0 amide bonds. The number of ether oxygens (including phenoxy) is 1. The average Bonchev–Trinajstić information content (AvgIpc) is 2.67. The lowest BCUT2D eigenvalue weighted by Gasteiger charge is -2.27. The van der Waals surface area contributed by atoms with Crippen molar-refractivity contribution >= 4 is 11.3 Å². The summed E-state index contributed by atoms with van der Waals surface area (Å²) in [6.07, 6.45) is 2.71. The zero-order valence-electron chi connectivity index (χ0n) is 8.53. The van der Waals surface area contributed by atoms with E-state index >= 15 is 0 Å². The van der Waals surface area contributed by atoms with Crippen LogP contribution in [0.3, 0.4) is 0 Å². The van der Waals surface area contributed by atoms with E-state index in [1.165, 1.54) is 4.88 Å². The first-order valence-corrected chi connectivity index (χ1v) is 6.10. The van der Waals surface area contributed by atoms with Crippen LogP contribution in [0.4, 0.5) is 0 Å². The van der Waals surface area contributed by atoms with Crippen LogP contribution in [0.15, 0.2) is 17.5 Å². The van der Waals surface area contributed by atoms with Gasteiger partial charge in [0.05, 0.1) is 6.10 Å². The lowest BCUT2D eigenvalue weighted by atomic mass is 10.0. The predicted octanol–water partition coefficient (Wildman–Crippen LogP) is 2.41. The Morgan fingerprint density at radius 2 is 2.57 bits per heavy atom. The summed E-state index contributed by atoms with van der Waals surface area (Å²) in [5.41, 5.74) is 0. The van der Waals surface area contributed by atoms with Gasteiger partial charge in [0.15, 0.2) is 0 Å². The van der Waals surface area contributed by atoms with Crippen molar-refractivity contribution in [1.82, 2.24) is 5.32 Å². The predicted molar refractivity (Wildman–Crippen MR) is 59.6 cm³/mol. The van der Waals surface area contributed by atoms with E-state index in [-0.39, 0.29) is 0 Å². The highest BCUT2D eigenvalue weighted by Crippen LogP contribution is 2.15. The van der Waals surface area contributed by atoms with Crippen LogP contribution in [-0.2, 0) is 11.3 Å². The molecule has 2 rings (SSSR count). The van der Waals surface area contributed by atoms with E-state index in [9.17, 15) is 0 Å². The number of nitrogens with one attached hydrogen (secondary N) is 1. The standard InChI is InChI=1S/C11H17NOS/c1-9-7-10(4-5-13-9)12-8-11-3-2-6-14-11/h2-3,6,9-10,12H,4-5,7-8H2,1H3. The molecule has 1 N–H and O–H groups in total. The zero-order valence-corrected chi connectivity index (χ0v) is 9.35. The minimum absolute atomic E-state index is 0.421. The molecule has 1 aliphatic heterocycles. The fourth-order valence-electron chi connectivity index (χ4n) is 1.84. The first kappa shape index (κ1) is 10.1. The zero-order chi connectivity index (χ0) is 9.80. The second-order valence-corrected chi connectivity index (χ2v) is 4.90. The molecule has 3 heteroatoms. The topological polar surface area (TPSA) is 21.3 Å². The van der Waals surface area contributed by atoms with Gasteiger partial charge in [-0.25, -0.2) is 0 Å². The molecule has 78 valence electrons. The Morgan fingerprint density at radius 3 is 3.29 bits per heavy atom. The monoisotopic (exact) mass is 211 g/mol. The van der Waals surface area contributed by atoms with Gasteiger partial charge in [0.2, 0.25) is 0 Å². The normalized spacial score (nSPS) is 27.8. The minimum atomic E-state index is 0.421. The Bertz CT molecular complexity index is 260. The summed E-state index contributed by atoms with van der Waals surface area (Å²) in [6, 6.07) is 4.93. The van der Waals surface area contributed by atoms with Crippen LogP contribution in [0.2, 0.25) is 0 Å². The van der Waals surface area contributed by atoms with Crippen molar-refractivity contribution in [2.75, 3.05) is 6.61 Å². The van der Waals surface area contributed by atoms with E-state index in [1.54, 1.807) is 0 Å². The van der Waals surface area contributed by atoms with E-state index in [2.05, 4.69) is 29.8 Å². The van der Waals surface area contributed by atoms with Crippen LogP contribution in [0, 0.1) is 0 Å². The number of rotatable bonds is 3. The quantitative estimate of drug-likeness (QED) is 0.829. The van der Waals surface area contributed by atoms with Crippen LogP contribution in [-0.4, -0.2) is 18.8 Å². The summed E-state index contributed by atoms with van der Waals surface area (Å²) < 4.78 is 5.51. The maximum atomic E-state index is 5.51.